The Hall–Kier alpha value is -3.30. The third kappa shape index (κ3) is 4.03. The van der Waals surface area contributed by atoms with Gasteiger partial charge in [-0.05, 0) is 75.7 Å². The molecular weight excluding hydrogens is 522 g/mol. The second-order valence-corrected chi connectivity index (χ2v) is 12.4. The lowest BCUT2D eigenvalue weighted by atomic mass is 9.95. The Kier molecular flexibility index (Phi) is 5.97. The molecule has 9 heteroatoms. The number of fused-ring (bicyclic) bond motifs is 5. The number of hydrogen-bond acceptors (Lipinski definition) is 6. The summed E-state index contributed by atoms with van der Waals surface area (Å²) in [5, 5.41) is 4.89. The molecule has 2 unspecified atom stereocenters. The summed E-state index contributed by atoms with van der Waals surface area (Å²) in [6.07, 6.45) is 9.18. The standard InChI is InChI=1S/C32H36F2N6O/c1-2-19-6-3-7-25-26(19)23(15-35-25)27-24(33)14-22-29(28(27)34)37-31(41-18-32-10-4-12-40(32)13-5-11-32)38-30(22)39-16-20-8-9-21(17-39)36-20/h3,6-7,14-15,20-21,35-36H,2,4-5,8-13,16-18H2,1H3. The molecule has 4 fully saturated rings. The number of aromatic nitrogens is 3. The zero-order valence-electron chi connectivity index (χ0n) is 23.5. The molecule has 6 heterocycles. The molecule has 2 N–H and O–H groups in total. The quantitative estimate of drug-likeness (QED) is 0.323. The summed E-state index contributed by atoms with van der Waals surface area (Å²) in [7, 11) is 0. The average Bonchev–Trinajstić information content (AvgIpc) is 3.75. The van der Waals surface area contributed by atoms with Crippen LogP contribution in [0, 0.1) is 11.6 Å². The van der Waals surface area contributed by atoms with Gasteiger partial charge in [0.05, 0.1) is 11.1 Å². The molecule has 0 amide bonds. The number of aromatic amines is 1. The van der Waals surface area contributed by atoms with Gasteiger partial charge in [-0.25, -0.2) is 8.78 Å². The van der Waals surface area contributed by atoms with Crippen LogP contribution in [0.5, 0.6) is 6.01 Å². The van der Waals surface area contributed by atoms with Gasteiger partial charge in [-0.3, -0.25) is 4.90 Å². The van der Waals surface area contributed by atoms with Crippen LogP contribution in [0.1, 0.15) is 51.0 Å². The van der Waals surface area contributed by atoms with E-state index in [2.05, 4.69) is 32.0 Å². The Bertz CT molecular complexity index is 1630. The van der Waals surface area contributed by atoms with Gasteiger partial charge >= 0.3 is 6.01 Å². The highest BCUT2D eigenvalue weighted by Gasteiger charge is 2.45. The van der Waals surface area contributed by atoms with Crippen LogP contribution in [-0.4, -0.2) is 70.3 Å². The normalized spacial score (nSPS) is 23.6. The van der Waals surface area contributed by atoms with Crippen molar-refractivity contribution in [1.29, 1.82) is 0 Å². The number of benzene rings is 2. The molecule has 4 saturated heterocycles. The van der Waals surface area contributed by atoms with Crippen LogP contribution in [-0.2, 0) is 6.42 Å². The molecular formula is C32H36F2N6O. The Labute approximate surface area is 238 Å². The first kappa shape index (κ1) is 25.4. The zero-order chi connectivity index (χ0) is 27.7. The Morgan fingerprint density at radius 1 is 1.07 bits per heavy atom. The number of hydrogen-bond donors (Lipinski definition) is 2. The van der Waals surface area contributed by atoms with Gasteiger partial charge in [-0.2, -0.15) is 9.97 Å². The van der Waals surface area contributed by atoms with Crippen molar-refractivity contribution in [3.05, 3.63) is 47.7 Å². The van der Waals surface area contributed by atoms with Crippen LogP contribution in [0.4, 0.5) is 14.6 Å². The van der Waals surface area contributed by atoms with Gasteiger partial charge in [0.2, 0.25) is 0 Å². The van der Waals surface area contributed by atoms with E-state index in [1.54, 1.807) is 6.20 Å². The molecule has 8 rings (SSSR count). The molecule has 214 valence electrons. The van der Waals surface area contributed by atoms with Crippen molar-refractivity contribution < 1.29 is 13.5 Å². The molecule has 2 aromatic carbocycles. The predicted molar refractivity (Wildman–Crippen MR) is 157 cm³/mol. The summed E-state index contributed by atoms with van der Waals surface area (Å²) >= 11 is 0. The molecule has 2 bridgehead atoms. The Morgan fingerprint density at radius 3 is 2.61 bits per heavy atom. The summed E-state index contributed by atoms with van der Waals surface area (Å²) in [6, 6.07) is 8.22. The first-order valence-corrected chi connectivity index (χ1v) is 15.2. The molecule has 2 aromatic heterocycles. The minimum Gasteiger partial charge on any atom is -0.461 e. The molecule has 0 aliphatic carbocycles. The highest BCUT2D eigenvalue weighted by Crippen LogP contribution is 2.42. The number of rotatable bonds is 6. The maximum Gasteiger partial charge on any atom is 0.319 e. The van der Waals surface area contributed by atoms with Crippen LogP contribution in [0.15, 0.2) is 30.5 Å². The molecule has 0 saturated carbocycles. The van der Waals surface area contributed by atoms with E-state index in [-0.39, 0.29) is 22.6 Å². The number of H-pyrrole nitrogens is 1. The van der Waals surface area contributed by atoms with E-state index in [0.29, 0.717) is 35.5 Å². The number of piperazine rings is 1. The monoisotopic (exact) mass is 558 g/mol. The summed E-state index contributed by atoms with van der Waals surface area (Å²) in [4.78, 5) is 17.4. The molecule has 4 aliphatic rings. The van der Waals surface area contributed by atoms with E-state index in [4.69, 9.17) is 9.72 Å². The highest BCUT2D eigenvalue weighted by atomic mass is 19.1. The SMILES string of the molecule is CCc1cccc2[nH]cc(-c3c(F)cc4c(N5CC6CCC(C5)N6)nc(OCC56CCCN5CCC6)nc4c3F)c12. The van der Waals surface area contributed by atoms with Gasteiger partial charge < -0.3 is 19.9 Å². The molecule has 0 spiro atoms. The summed E-state index contributed by atoms with van der Waals surface area (Å²) in [6.45, 7) is 6.22. The fourth-order valence-electron chi connectivity index (χ4n) is 8.09. The lowest BCUT2D eigenvalue weighted by molar-refractivity contribution is 0.108. The number of halogens is 2. The minimum atomic E-state index is -0.667. The van der Waals surface area contributed by atoms with Gasteiger partial charge in [0, 0.05) is 53.2 Å². The van der Waals surface area contributed by atoms with Crippen molar-refractivity contribution in [3.63, 3.8) is 0 Å². The number of nitrogens with one attached hydrogen (secondary N) is 2. The maximum absolute atomic E-state index is 16.7. The van der Waals surface area contributed by atoms with Crippen LogP contribution >= 0.6 is 0 Å². The third-order valence-corrected chi connectivity index (χ3v) is 10.1. The van der Waals surface area contributed by atoms with Gasteiger partial charge in [-0.1, -0.05) is 19.1 Å². The third-order valence-electron chi connectivity index (χ3n) is 10.1. The van der Waals surface area contributed by atoms with E-state index in [9.17, 15) is 0 Å². The Balaban J connectivity index is 1.27. The number of anilines is 1. The van der Waals surface area contributed by atoms with Crippen LogP contribution in [0.3, 0.4) is 0 Å². The molecule has 4 aromatic rings. The van der Waals surface area contributed by atoms with Crippen molar-refractivity contribution >= 4 is 27.6 Å². The summed E-state index contributed by atoms with van der Waals surface area (Å²) < 4.78 is 39.1. The van der Waals surface area contributed by atoms with Gasteiger partial charge in [0.1, 0.15) is 23.8 Å². The maximum atomic E-state index is 16.7. The molecule has 7 nitrogen and oxygen atoms in total. The van der Waals surface area contributed by atoms with Gasteiger partial charge in [-0.15, -0.1) is 0 Å². The molecule has 4 aliphatic heterocycles. The lowest BCUT2D eigenvalue weighted by Crippen LogP contribution is -2.51. The zero-order valence-corrected chi connectivity index (χ0v) is 23.5. The van der Waals surface area contributed by atoms with E-state index in [1.807, 2.05) is 18.2 Å². The van der Waals surface area contributed by atoms with Crippen molar-refractivity contribution in [3.8, 4) is 17.1 Å². The van der Waals surface area contributed by atoms with E-state index in [1.165, 1.54) is 18.9 Å². The van der Waals surface area contributed by atoms with Gasteiger partial charge in [0.15, 0.2) is 5.82 Å². The van der Waals surface area contributed by atoms with Gasteiger partial charge in [0.25, 0.3) is 0 Å². The highest BCUT2D eigenvalue weighted by molar-refractivity contribution is 6.01. The topological polar surface area (TPSA) is 69.3 Å². The second-order valence-electron chi connectivity index (χ2n) is 12.4. The average molecular weight is 559 g/mol. The van der Waals surface area contributed by atoms with E-state index < -0.39 is 11.6 Å². The van der Waals surface area contributed by atoms with E-state index >= 15 is 8.78 Å². The van der Waals surface area contributed by atoms with Crippen molar-refractivity contribution in [2.75, 3.05) is 37.7 Å². The lowest BCUT2D eigenvalue weighted by Gasteiger charge is -2.34. The van der Waals surface area contributed by atoms with Crippen LogP contribution in [0.2, 0.25) is 0 Å². The summed E-state index contributed by atoms with van der Waals surface area (Å²) in [5.74, 6) is -0.710. The molecule has 0 radical (unpaired) electrons. The van der Waals surface area contributed by atoms with E-state index in [0.717, 1.165) is 74.7 Å². The molecule has 41 heavy (non-hydrogen) atoms. The van der Waals surface area contributed by atoms with Crippen LogP contribution < -0.4 is 15.0 Å². The smallest absolute Gasteiger partial charge is 0.319 e. The number of aryl methyl sites for hydroxylation is 1. The summed E-state index contributed by atoms with van der Waals surface area (Å²) in [5.41, 5.74) is 2.49. The second kappa shape index (κ2) is 9.63. The largest absolute Gasteiger partial charge is 0.461 e. The van der Waals surface area contributed by atoms with Crippen molar-refractivity contribution in [2.45, 2.75) is 69.5 Å². The number of nitrogens with zero attached hydrogens (tertiary/aromatic N) is 4. The number of ether oxygens (including phenoxy) is 1. The first-order valence-electron chi connectivity index (χ1n) is 15.2. The Morgan fingerprint density at radius 2 is 1.85 bits per heavy atom. The fraction of sp³-hybridized carbons (Fsp3) is 0.500. The predicted octanol–water partition coefficient (Wildman–Crippen LogP) is 5.57. The van der Waals surface area contributed by atoms with Crippen molar-refractivity contribution in [1.82, 2.24) is 25.2 Å². The van der Waals surface area contributed by atoms with Crippen molar-refractivity contribution in [2.24, 2.45) is 0 Å². The minimum absolute atomic E-state index is 0.0136. The molecule has 2 atom stereocenters. The van der Waals surface area contributed by atoms with Crippen LogP contribution in [0.25, 0.3) is 32.9 Å². The first-order chi connectivity index (χ1) is 20.0. The fourth-order valence-corrected chi connectivity index (χ4v) is 8.09.